The van der Waals surface area contributed by atoms with Gasteiger partial charge in [0.1, 0.15) is 11.5 Å². The summed E-state index contributed by atoms with van der Waals surface area (Å²) < 4.78 is 10.9. The number of hydrogen-bond donors (Lipinski definition) is 1. The van der Waals surface area contributed by atoms with Crippen molar-refractivity contribution in [2.24, 2.45) is 28.6 Å². The molecule has 1 aromatic heterocycles. The van der Waals surface area contributed by atoms with Crippen LogP contribution in [0.1, 0.15) is 74.1 Å². The fourth-order valence-corrected chi connectivity index (χ4v) is 7.03. The van der Waals surface area contributed by atoms with Crippen LogP contribution < -0.4 is 14.8 Å². The lowest BCUT2D eigenvalue weighted by atomic mass is 9.45. The van der Waals surface area contributed by atoms with Gasteiger partial charge in [-0.05, 0) is 66.2 Å². The Labute approximate surface area is 208 Å². The Morgan fingerprint density at radius 3 is 2.31 bits per heavy atom. The maximum Gasteiger partial charge on any atom is 0.253 e. The predicted octanol–water partition coefficient (Wildman–Crippen LogP) is 5.57. The number of Topliss-reactive ketones (excluding diaryl/α,β-unsaturated/α-hetero) is 1. The molecule has 5 atom stereocenters. The number of carbonyl (C=O) groups excluding carboxylic acids is 2. The van der Waals surface area contributed by atoms with Crippen LogP contribution >= 0.6 is 0 Å². The highest BCUT2D eigenvalue weighted by Gasteiger charge is 2.58. The lowest BCUT2D eigenvalue weighted by Crippen LogP contribution is -2.60. The van der Waals surface area contributed by atoms with Crippen molar-refractivity contribution >= 4 is 11.7 Å². The lowest BCUT2D eigenvalue weighted by Gasteiger charge is -2.60. The minimum atomic E-state index is -0.239. The second kappa shape index (κ2) is 9.63. The van der Waals surface area contributed by atoms with E-state index in [0.29, 0.717) is 28.5 Å². The Bertz CT molecular complexity index is 1060. The van der Waals surface area contributed by atoms with E-state index in [1.165, 1.54) is 0 Å². The van der Waals surface area contributed by atoms with Gasteiger partial charge in [-0.15, -0.1) is 0 Å². The summed E-state index contributed by atoms with van der Waals surface area (Å²) in [6, 6.07) is 8.83. The first-order valence-corrected chi connectivity index (χ1v) is 12.6. The van der Waals surface area contributed by atoms with E-state index in [2.05, 4.69) is 38.0 Å². The maximum atomic E-state index is 14.3. The van der Waals surface area contributed by atoms with Gasteiger partial charge in [-0.2, -0.15) is 0 Å². The minimum Gasteiger partial charge on any atom is -0.497 e. The van der Waals surface area contributed by atoms with Crippen LogP contribution in [-0.4, -0.2) is 36.9 Å². The standard InChI is InChI=1S/C29H38N2O4/c1-18-23(31-27(33)19-9-7-12-30-17-19)16-24-28(2,3)10-8-11-29(24,4)25(18)26(32)20-13-21(34-5)15-22(14-20)35-6/h7,9,12-15,17-18,23-25H,8,10-11,16H2,1-6H3,(H,31,33)/t18-,23-,24+,25-,29+/m1/s1. The van der Waals surface area contributed by atoms with Gasteiger partial charge in [0.05, 0.1) is 19.8 Å². The zero-order chi connectivity index (χ0) is 25.4. The largest absolute Gasteiger partial charge is 0.497 e. The van der Waals surface area contributed by atoms with E-state index in [1.807, 2.05) is 12.1 Å². The summed E-state index contributed by atoms with van der Waals surface area (Å²) in [4.78, 5) is 31.5. The topological polar surface area (TPSA) is 77.5 Å². The number of carbonyl (C=O) groups is 2. The SMILES string of the molecule is COc1cc(OC)cc(C(=O)[C@H]2[C@H](C)[C@H](NC(=O)c3cccnc3)C[C@H]3C(C)(C)CCC[C@]23C)c1. The van der Waals surface area contributed by atoms with Gasteiger partial charge in [-0.25, -0.2) is 0 Å². The monoisotopic (exact) mass is 478 g/mol. The van der Waals surface area contributed by atoms with E-state index < -0.39 is 0 Å². The molecule has 6 heteroatoms. The molecule has 1 heterocycles. The van der Waals surface area contributed by atoms with E-state index in [-0.39, 0.29) is 40.4 Å². The average Bonchev–Trinajstić information content (AvgIpc) is 2.84. The third-order valence-electron chi connectivity index (χ3n) is 8.80. The fraction of sp³-hybridized carbons (Fsp3) is 0.552. The number of ether oxygens (including phenoxy) is 2. The van der Waals surface area contributed by atoms with Crippen molar-refractivity contribution in [2.75, 3.05) is 14.2 Å². The Kier molecular flexibility index (Phi) is 6.94. The summed E-state index contributed by atoms with van der Waals surface area (Å²) in [6.45, 7) is 9.06. The Balaban J connectivity index is 1.74. The van der Waals surface area contributed by atoms with Crippen LogP contribution in [0.4, 0.5) is 0 Å². The van der Waals surface area contributed by atoms with E-state index in [4.69, 9.17) is 9.47 Å². The third-order valence-corrected chi connectivity index (χ3v) is 8.80. The Morgan fingerprint density at radius 2 is 1.71 bits per heavy atom. The Morgan fingerprint density at radius 1 is 1.03 bits per heavy atom. The molecule has 0 spiro atoms. The lowest BCUT2D eigenvalue weighted by molar-refractivity contribution is -0.0902. The normalized spacial score (nSPS) is 29.5. The molecule has 2 saturated carbocycles. The predicted molar refractivity (Wildman–Crippen MR) is 136 cm³/mol. The Hall–Kier alpha value is -2.89. The number of fused-ring (bicyclic) bond motifs is 1. The molecule has 2 aromatic rings. The number of methoxy groups -OCH3 is 2. The molecule has 1 aromatic carbocycles. The smallest absolute Gasteiger partial charge is 0.253 e. The number of rotatable bonds is 6. The fourth-order valence-electron chi connectivity index (χ4n) is 7.03. The molecule has 0 saturated heterocycles. The summed E-state index contributed by atoms with van der Waals surface area (Å²) in [5.74, 6) is 1.20. The second-order valence-corrected chi connectivity index (χ2v) is 11.3. The highest BCUT2D eigenvalue weighted by molar-refractivity contribution is 5.99. The number of ketones is 1. The van der Waals surface area contributed by atoms with Crippen LogP contribution in [0, 0.1) is 28.6 Å². The van der Waals surface area contributed by atoms with Crippen molar-refractivity contribution in [3.05, 3.63) is 53.9 Å². The molecular formula is C29H38N2O4. The molecule has 0 radical (unpaired) electrons. The first-order chi connectivity index (χ1) is 16.6. The van der Waals surface area contributed by atoms with Crippen LogP contribution in [0.15, 0.2) is 42.7 Å². The zero-order valence-corrected chi connectivity index (χ0v) is 21.8. The van der Waals surface area contributed by atoms with E-state index in [9.17, 15) is 9.59 Å². The molecule has 2 aliphatic carbocycles. The zero-order valence-electron chi connectivity index (χ0n) is 21.8. The van der Waals surface area contributed by atoms with Crippen LogP contribution in [0.25, 0.3) is 0 Å². The third kappa shape index (κ3) is 4.67. The maximum absolute atomic E-state index is 14.3. The van der Waals surface area contributed by atoms with Crippen LogP contribution in [0.3, 0.4) is 0 Å². The minimum absolute atomic E-state index is 0.0320. The number of benzene rings is 1. The summed E-state index contributed by atoms with van der Waals surface area (Å²) in [5, 5.41) is 3.27. The molecule has 2 fully saturated rings. The summed E-state index contributed by atoms with van der Waals surface area (Å²) in [7, 11) is 3.19. The van der Waals surface area contributed by atoms with Crippen molar-refractivity contribution in [1.29, 1.82) is 0 Å². The van der Waals surface area contributed by atoms with Gasteiger partial charge < -0.3 is 14.8 Å². The number of hydrogen-bond acceptors (Lipinski definition) is 5. The van der Waals surface area contributed by atoms with Crippen molar-refractivity contribution in [3.63, 3.8) is 0 Å². The van der Waals surface area contributed by atoms with E-state index in [1.54, 1.807) is 44.8 Å². The van der Waals surface area contributed by atoms with Gasteiger partial charge in [0.25, 0.3) is 5.91 Å². The van der Waals surface area contributed by atoms with Gasteiger partial charge in [0, 0.05) is 36.0 Å². The molecule has 0 aliphatic heterocycles. The number of nitrogens with zero attached hydrogens (tertiary/aromatic N) is 1. The van der Waals surface area contributed by atoms with Crippen LogP contribution in [-0.2, 0) is 0 Å². The molecular weight excluding hydrogens is 440 g/mol. The van der Waals surface area contributed by atoms with Crippen molar-refractivity contribution in [2.45, 2.75) is 59.4 Å². The first-order valence-electron chi connectivity index (χ1n) is 12.6. The number of nitrogens with one attached hydrogen (secondary N) is 1. The molecule has 1 N–H and O–H groups in total. The molecule has 2 aliphatic rings. The summed E-state index contributed by atoms with van der Waals surface area (Å²) in [5.41, 5.74) is 1.05. The van der Waals surface area contributed by atoms with Crippen LogP contribution in [0.5, 0.6) is 11.5 Å². The molecule has 1 amide bonds. The average molecular weight is 479 g/mol. The van der Waals surface area contributed by atoms with Gasteiger partial charge in [-0.1, -0.05) is 34.1 Å². The quantitative estimate of drug-likeness (QED) is 0.549. The van der Waals surface area contributed by atoms with Gasteiger partial charge in [0.15, 0.2) is 5.78 Å². The highest BCUT2D eigenvalue weighted by Crippen LogP contribution is 2.61. The number of aromatic nitrogens is 1. The van der Waals surface area contributed by atoms with Gasteiger partial charge in [-0.3, -0.25) is 14.6 Å². The van der Waals surface area contributed by atoms with Gasteiger partial charge in [0.2, 0.25) is 0 Å². The van der Waals surface area contributed by atoms with Crippen molar-refractivity contribution in [3.8, 4) is 11.5 Å². The second-order valence-electron chi connectivity index (χ2n) is 11.3. The van der Waals surface area contributed by atoms with Crippen LogP contribution in [0.2, 0.25) is 0 Å². The van der Waals surface area contributed by atoms with E-state index in [0.717, 1.165) is 25.7 Å². The van der Waals surface area contributed by atoms with Gasteiger partial charge >= 0.3 is 0 Å². The van der Waals surface area contributed by atoms with Crippen molar-refractivity contribution < 1.29 is 19.1 Å². The first kappa shape index (κ1) is 25.2. The molecule has 188 valence electrons. The van der Waals surface area contributed by atoms with Crippen molar-refractivity contribution in [1.82, 2.24) is 10.3 Å². The molecule has 4 rings (SSSR count). The molecule has 0 unspecified atom stereocenters. The summed E-state index contributed by atoms with van der Waals surface area (Å²) >= 11 is 0. The number of pyridine rings is 1. The van der Waals surface area contributed by atoms with E-state index >= 15 is 0 Å². The highest BCUT2D eigenvalue weighted by atomic mass is 16.5. The summed E-state index contributed by atoms with van der Waals surface area (Å²) in [6.07, 6.45) is 7.34. The molecule has 0 bridgehead atoms. The molecule has 35 heavy (non-hydrogen) atoms. The number of amides is 1. The molecule has 6 nitrogen and oxygen atoms in total.